The zero-order valence-electron chi connectivity index (χ0n) is 21.5. The summed E-state index contributed by atoms with van der Waals surface area (Å²) in [5, 5.41) is 0. The van der Waals surface area contributed by atoms with Gasteiger partial charge in [0, 0.05) is 25.9 Å². The molecule has 0 unspecified atom stereocenters. The lowest BCUT2D eigenvalue weighted by Gasteiger charge is -2.31. The Bertz CT molecular complexity index is 1300. The van der Waals surface area contributed by atoms with E-state index < -0.39 is 11.9 Å². The number of para-hydroxylation sites is 1. The number of hydrogen-bond donors (Lipinski definition) is 0. The number of likely N-dealkylation sites (tertiary alicyclic amines) is 1. The Morgan fingerprint density at radius 2 is 1.74 bits per heavy atom. The molecule has 1 fully saturated rings. The molecule has 0 saturated carbocycles. The first kappa shape index (κ1) is 28.4. The van der Waals surface area contributed by atoms with Gasteiger partial charge in [-0.1, -0.05) is 30.3 Å². The van der Waals surface area contributed by atoms with Crippen LogP contribution in [0.1, 0.15) is 29.4 Å². The lowest BCUT2D eigenvalue weighted by molar-refractivity contribution is -0.145. The number of halogens is 1. The van der Waals surface area contributed by atoms with Crippen molar-refractivity contribution in [1.82, 2.24) is 4.90 Å². The number of amides is 1. The molecular weight excluding hydrogens is 590 g/mol. The Labute approximate surface area is 238 Å². The number of esters is 2. The average molecular weight is 619 g/mol. The summed E-state index contributed by atoms with van der Waals surface area (Å²) in [5.74, 6) is 0.281. The Balaban J connectivity index is 1.42. The standard InChI is InChI=1S/C28H28BrNO8S/c1-3-35-22(31)17-36-24-23(29)25(39-26(24)27(32)34-2)18-8-7-11-21(16-18)37-20-12-14-30(15-13-20)28(33)38-19-9-5-4-6-10-19/h4-11,16,20H,3,12-15,17H2,1-2H3. The number of rotatable bonds is 9. The number of thiophene rings is 1. The predicted octanol–water partition coefficient (Wildman–Crippen LogP) is 5.95. The van der Waals surface area contributed by atoms with Crippen LogP contribution >= 0.6 is 27.3 Å². The molecule has 39 heavy (non-hydrogen) atoms. The highest BCUT2D eigenvalue weighted by Crippen LogP contribution is 2.46. The fourth-order valence-corrected chi connectivity index (χ4v) is 5.95. The van der Waals surface area contributed by atoms with Gasteiger partial charge in [0.15, 0.2) is 17.2 Å². The topological polar surface area (TPSA) is 101 Å². The number of carbonyl (C=O) groups excluding carboxylic acids is 3. The van der Waals surface area contributed by atoms with E-state index in [4.69, 9.17) is 23.7 Å². The highest BCUT2D eigenvalue weighted by atomic mass is 79.9. The van der Waals surface area contributed by atoms with Gasteiger partial charge in [0.25, 0.3) is 0 Å². The second kappa shape index (κ2) is 13.5. The number of nitrogens with zero attached hydrogens (tertiary/aromatic N) is 1. The van der Waals surface area contributed by atoms with E-state index in [1.54, 1.807) is 24.0 Å². The van der Waals surface area contributed by atoms with Gasteiger partial charge in [-0.25, -0.2) is 14.4 Å². The summed E-state index contributed by atoms with van der Waals surface area (Å²) in [7, 11) is 1.28. The van der Waals surface area contributed by atoms with Crippen LogP contribution in [0.5, 0.6) is 17.2 Å². The Hall–Kier alpha value is -3.57. The molecule has 2 heterocycles. The van der Waals surface area contributed by atoms with E-state index in [9.17, 15) is 14.4 Å². The van der Waals surface area contributed by atoms with Crippen molar-refractivity contribution in [2.45, 2.75) is 25.9 Å². The molecule has 1 aromatic heterocycles. The average Bonchev–Trinajstić information content (AvgIpc) is 3.28. The van der Waals surface area contributed by atoms with Crippen LogP contribution in [0.3, 0.4) is 0 Å². The van der Waals surface area contributed by atoms with Crippen LogP contribution in [-0.2, 0) is 14.3 Å². The van der Waals surface area contributed by atoms with Gasteiger partial charge < -0.3 is 28.6 Å². The smallest absolute Gasteiger partial charge is 0.415 e. The molecule has 3 aromatic rings. The first-order valence-electron chi connectivity index (χ1n) is 12.4. The molecule has 0 spiro atoms. The summed E-state index contributed by atoms with van der Waals surface area (Å²) < 4.78 is 27.7. The normalized spacial score (nSPS) is 13.5. The van der Waals surface area contributed by atoms with Gasteiger partial charge in [-0.3, -0.25) is 0 Å². The molecule has 1 aliphatic heterocycles. The molecular formula is C28H28BrNO8S. The number of hydrogen-bond acceptors (Lipinski definition) is 9. The molecule has 2 aromatic carbocycles. The van der Waals surface area contributed by atoms with E-state index in [2.05, 4.69) is 15.9 Å². The van der Waals surface area contributed by atoms with E-state index in [0.717, 1.165) is 10.4 Å². The molecule has 0 radical (unpaired) electrons. The number of benzene rings is 2. The fourth-order valence-electron chi connectivity index (χ4n) is 3.98. The van der Waals surface area contributed by atoms with Gasteiger partial charge in [-0.05, 0) is 52.7 Å². The van der Waals surface area contributed by atoms with Crippen LogP contribution in [0, 0.1) is 0 Å². The van der Waals surface area contributed by atoms with Gasteiger partial charge in [-0.15, -0.1) is 11.3 Å². The number of carbonyl (C=O) groups is 3. The van der Waals surface area contributed by atoms with Gasteiger partial charge in [0.1, 0.15) is 17.6 Å². The summed E-state index contributed by atoms with van der Waals surface area (Å²) in [6.07, 6.45) is 0.887. The first-order valence-corrected chi connectivity index (χ1v) is 14.0. The van der Waals surface area contributed by atoms with Crippen molar-refractivity contribution < 1.29 is 38.1 Å². The molecule has 0 aliphatic carbocycles. The second-order valence-electron chi connectivity index (χ2n) is 8.50. The van der Waals surface area contributed by atoms with Gasteiger partial charge >= 0.3 is 18.0 Å². The number of piperidine rings is 1. The fraction of sp³-hybridized carbons (Fsp3) is 0.321. The highest BCUT2D eigenvalue weighted by Gasteiger charge is 2.27. The molecule has 0 atom stereocenters. The van der Waals surface area contributed by atoms with Crippen molar-refractivity contribution in [3.05, 3.63) is 63.9 Å². The van der Waals surface area contributed by atoms with E-state index in [1.807, 2.05) is 42.5 Å². The van der Waals surface area contributed by atoms with Crippen LogP contribution < -0.4 is 14.2 Å². The van der Waals surface area contributed by atoms with Crippen LogP contribution in [0.4, 0.5) is 4.79 Å². The zero-order valence-corrected chi connectivity index (χ0v) is 23.9. The van der Waals surface area contributed by atoms with Crippen LogP contribution in [-0.4, -0.2) is 62.4 Å². The van der Waals surface area contributed by atoms with Crippen molar-refractivity contribution in [2.75, 3.05) is 33.4 Å². The van der Waals surface area contributed by atoms with Crippen LogP contribution in [0.15, 0.2) is 59.1 Å². The molecule has 9 nitrogen and oxygen atoms in total. The SMILES string of the molecule is CCOC(=O)COc1c(C(=O)OC)sc(-c2cccc(OC3CCN(C(=O)Oc4ccccc4)CC3)c2)c1Br. The van der Waals surface area contributed by atoms with Crippen LogP contribution in [0.2, 0.25) is 0 Å². The van der Waals surface area contributed by atoms with E-state index in [-0.39, 0.29) is 36.0 Å². The molecule has 1 amide bonds. The van der Waals surface area contributed by atoms with Gasteiger partial charge in [0.05, 0.1) is 23.1 Å². The lowest BCUT2D eigenvalue weighted by Crippen LogP contribution is -2.43. The van der Waals surface area contributed by atoms with Crippen molar-refractivity contribution in [1.29, 1.82) is 0 Å². The predicted molar refractivity (Wildman–Crippen MR) is 149 cm³/mol. The van der Waals surface area contributed by atoms with E-state index >= 15 is 0 Å². The van der Waals surface area contributed by atoms with E-state index in [0.29, 0.717) is 41.9 Å². The molecule has 0 bridgehead atoms. The molecule has 206 valence electrons. The second-order valence-corrected chi connectivity index (χ2v) is 10.3. The maximum atomic E-state index is 12.5. The van der Waals surface area contributed by atoms with Crippen molar-refractivity contribution >= 4 is 45.3 Å². The minimum atomic E-state index is -0.573. The van der Waals surface area contributed by atoms with E-state index in [1.165, 1.54) is 18.4 Å². The molecule has 0 N–H and O–H groups in total. The van der Waals surface area contributed by atoms with Crippen molar-refractivity contribution in [3.8, 4) is 27.7 Å². The monoisotopic (exact) mass is 617 g/mol. The summed E-state index contributed by atoms with van der Waals surface area (Å²) in [5.41, 5.74) is 0.796. The van der Waals surface area contributed by atoms with Gasteiger partial charge in [-0.2, -0.15) is 0 Å². The largest absolute Gasteiger partial charge is 0.490 e. The Kier molecular flexibility index (Phi) is 9.83. The maximum Gasteiger partial charge on any atom is 0.415 e. The van der Waals surface area contributed by atoms with Crippen molar-refractivity contribution in [2.24, 2.45) is 0 Å². The lowest BCUT2D eigenvalue weighted by atomic mass is 10.1. The summed E-state index contributed by atoms with van der Waals surface area (Å²) in [4.78, 5) is 39.3. The quantitative estimate of drug-likeness (QED) is 0.272. The molecule has 4 rings (SSSR count). The number of ether oxygens (including phenoxy) is 5. The minimum Gasteiger partial charge on any atom is -0.490 e. The highest BCUT2D eigenvalue weighted by molar-refractivity contribution is 9.10. The maximum absolute atomic E-state index is 12.5. The third kappa shape index (κ3) is 7.30. The zero-order chi connectivity index (χ0) is 27.8. The molecule has 1 aliphatic rings. The number of methoxy groups -OCH3 is 1. The Morgan fingerprint density at radius 3 is 2.44 bits per heavy atom. The van der Waals surface area contributed by atoms with Gasteiger partial charge in [0.2, 0.25) is 0 Å². The third-order valence-electron chi connectivity index (χ3n) is 5.87. The summed E-state index contributed by atoms with van der Waals surface area (Å²) in [6.45, 7) is 2.64. The Morgan fingerprint density at radius 1 is 1.03 bits per heavy atom. The first-order chi connectivity index (χ1) is 18.9. The molecule has 11 heteroatoms. The molecule has 1 saturated heterocycles. The van der Waals surface area contributed by atoms with Crippen molar-refractivity contribution in [3.63, 3.8) is 0 Å². The minimum absolute atomic E-state index is 0.0677. The third-order valence-corrected chi connectivity index (χ3v) is 8.09. The summed E-state index contributed by atoms with van der Waals surface area (Å²) >= 11 is 4.71. The van der Waals surface area contributed by atoms with Crippen LogP contribution in [0.25, 0.3) is 10.4 Å². The summed E-state index contributed by atoms with van der Waals surface area (Å²) in [6, 6.07) is 16.5.